The number of hydrogen-bond donors (Lipinski definition) is 2. The van der Waals surface area contributed by atoms with Crippen LogP contribution in [0, 0.1) is 0 Å². The van der Waals surface area contributed by atoms with Crippen molar-refractivity contribution in [2.24, 2.45) is 5.73 Å². The molecule has 0 saturated carbocycles. The van der Waals surface area contributed by atoms with Gasteiger partial charge in [0, 0.05) is 31.3 Å². The fraction of sp³-hybridized carbons (Fsp3) is 0.333. The molecule has 0 aliphatic carbocycles. The largest absolute Gasteiger partial charge is 0.439 e. The third-order valence-electron chi connectivity index (χ3n) is 4.14. The lowest BCUT2D eigenvalue weighted by atomic mass is 10.2. The summed E-state index contributed by atoms with van der Waals surface area (Å²) in [5.41, 5.74) is 4.89. The molecule has 3 rings (SSSR count). The average Bonchev–Trinajstić information content (AvgIpc) is 3.06. The summed E-state index contributed by atoms with van der Waals surface area (Å²) in [5.74, 6) is -0.362. The van der Waals surface area contributed by atoms with E-state index in [-0.39, 0.29) is 48.6 Å². The van der Waals surface area contributed by atoms with Crippen LogP contribution >= 0.6 is 12.4 Å². The van der Waals surface area contributed by atoms with Gasteiger partial charge >= 0.3 is 6.18 Å². The van der Waals surface area contributed by atoms with Crippen LogP contribution < -0.4 is 10.5 Å². The number of benzene rings is 1. The highest BCUT2D eigenvalue weighted by atomic mass is 35.5. The number of likely N-dealkylation sites (tertiary alicyclic amines) is 1. The van der Waals surface area contributed by atoms with Crippen molar-refractivity contribution in [3.63, 3.8) is 0 Å². The second-order valence-corrected chi connectivity index (χ2v) is 6.22. The molecule has 1 fully saturated rings. The van der Waals surface area contributed by atoms with E-state index >= 15 is 0 Å². The molecule has 1 saturated heterocycles. The molecule has 0 spiro atoms. The second kappa shape index (κ2) is 8.76. The first-order chi connectivity index (χ1) is 12.8. The minimum Gasteiger partial charge on any atom is -0.439 e. The van der Waals surface area contributed by atoms with Gasteiger partial charge in [-0.3, -0.25) is 4.79 Å². The topological polar surface area (TPSA) is 88.7 Å². The highest BCUT2D eigenvalue weighted by Crippen LogP contribution is 2.31. The number of aliphatic hydroxyl groups is 1. The van der Waals surface area contributed by atoms with Gasteiger partial charge in [0.15, 0.2) is 0 Å². The standard InChI is InChI=1S/C18H18F3N3O3.ClH/c19-18(20,21)15-6-11(9-22)7-16(23-15)27-14-3-1-2-12(8-14)17(26)24-5-4-13(25)10-24;/h1-3,6-8,13,25H,4-5,9-10,22H2;1H. The van der Waals surface area contributed by atoms with Gasteiger partial charge in [-0.1, -0.05) is 6.07 Å². The molecule has 1 aromatic heterocycles. The monoisotopic (exact) mass is 417 g/mol. The maximum absolute atomic E-state index is 13.0. The smallest absolute Gasteiger partial charge is 0.433 e. The zero-order valence-corrected chi connectivity index (χ0v) is 15.5. The van der Waals surface area contributed by atoms with Crippen LogP contribution in [0.15, 0.2) is 36.4 Å². The van der Waals surface area contributed by atoms with Crippen LogP contribution in [0.1, 0.15) is 28.0 Å². The van der Waals surface area contributed by atoms with E-state index in [1.165, 1.54) is 23.1 Å². The first-order valence-electron chi connectivity index (χ1n) is 8.30. The van der Waals surface area contributed by atoms with Crippen molar-refractivity contribution in [2.45, 2.75) is 25.2 Å². The molecule has 28 heavy (non-hydrogen) atoms. The number of amides is 1. The number of β-amino-alcohol motifs (C(OH)–C–C–N with tert-alkyl or cyclic N) is 1. The molecule has 1 unspecified atom stereocenters. The van der Waals surface area contributed by atoms with Crippen molar-refractivity contribution < 1.29 is 27.8 Å². The first-order valence-corrected chi connectivity index (χ1v) is 8.30. The number of alkyl halides is 3. The number of nitrogens with zero attached hydrogens (tertiary/aromatic N) is 2. The normalized spacial score (nSPS) is 16.6. The third-order valence-corrected chi connectivity index (χ3v) is 4.14. The molecule has 1 atom stereocenters. The van der Waals surface area contributed by atoms with Crippen LogP contribution in [0.5, 0.6) is 11.6 Å². The van der Waals surface area contributed by atoms with Gasteiger partial charge in [0.2, 0.25) is 5.88 Å². The number of rotatable bonds is 4. The summed E-state index contributed by atoms with van der Waals surface area (Å²) < 4.78 is 44.3. The van der Waals surface area contributed by atoms with E-state index in [0.717, 1.165) is 6.07 Å². The van der Waals surface area contributed by atoms with E-state index in [9.17, 15) is 23.1 Å². The number of aromatic nitrogens is 1. The molecule has 3 N–H and O–H groups in total. The predicted octanol–water partition coefficient (Wildman–Crippen LogP) is 2.98. The Labute approximate surface area is 165 Å². The van der Waals surface area contributed by atoms with Crippen LogP contribution in [0.2, 0.25) is 0 Å². The quantitative estimate of drug-likeness (QED) is 0.798. The number of hydrogen-bond acceptors (Lipinski definition) is 5. The summed E-state index contributed by atoms with van der Waals surface area (Å²) in [6.45, 7) is 0.594. The van der Waals surface area contributed by atoms with Gasteiger partial charge in [-0.25, -0.2) is 4.98 Å². The lowest BCUT2D eigenvalue weighted by Gasteiger charge is -2.16. The Bertz CT molecular complexity index is 848. The molecule has 6 nitrogen and oxygen atoms in total. The van der Waals surface area contributed by atoms with Crippen LogP contribution in [0.25, 0.3) is 0 Å². The molecule has 0 radical (unpaired) electrons. The number of pyridine rings is 1. The van der Waals surface area contributed by atoms with Crippen molar-refractivity contribution in [3.05, 3.63) is 53.2 Å². The summed E-state index contributed by atoms with van der Waals surface area (Å²) in [6, 6.07) is 8.26. The third kappa shape index (κ3) is 5.12. The maximum atomic E-state index is 13.0. The predicted molar refractivity (Wildman–Crippen MR) is 97.4 cm³/mol. The Morgan fingerprint density at radius 2 is 2.07 bits per heavy atom. The fourth-order valence-corrected chi connectivity index (χ4v) is 2.80. The van der Waals surface area contributed by atoms with Crippen molar-refractivity contribution >= 4 is 18.3 Å². The molecular weight excluding hydrogens is 399 g/mol. The van der Waals surface area contributed by atoms with Crippen LogP contribution in [-0.4, -0.2) is 40.1 Å². The van der Waals surface area contributed by atoms with Crippen molar-refractivity contribution in [2.75, 3.05) is 13.1 Å². The molecule has 1 aliphatic rings. The van der Waals surface area contributed by atoms with E-state index in [1.807, 2.05) is 0 Å². The van der Waals surface area contributed by atoms with E-state index in [0.29, 0.717) is 18.5 Å². The minimum absolute atomic E-state index is 0. The van der Waals surface area contributed by atoms with Crippen LogP contribution in [0.3, 0.4) is 0 Å². The summed E-state index contributed by atoms with van der Waals surface area (Å²) in [6.07, 6.45) is -4.66. The van der Waals surface area contributed by atoms with E-state index in [1.54, 1.807) is 12.1 Å². The van der Waals surface area contributed by atoms with Gasteiger partial charge in [-0.05, 0) is 36.2 Å². The lowest BCUT2D eigenvalue weighted by Crippen LogP contribution is -2.29. The number of carbonyl (C=O) groups excluding carboxylic acids is 1. The molecule has 10 heteroatoms. The number of carbonyl (C=O) groups is 1. The van der Waals surface area contributed by atoms with E-state index < -0.39 is 18.0 Å². The SMILES string of the molecule is Cl.NCc1cc(Oc2cccc(C(=O)N3CCC(O)C3)c2)nc(C(F)(F)F)c1. The van der Waals surface area contributed by atoms with Gasteiger partial charge in [0.25, 0.3) is 5.91 Å². The van der Waals surface area contributed by atoms with Crippen molar-refractivity contribution in [1.82, 2.24) is 9.88 Å². The Kier molecular flexibility index (Phi) is 6.87. The van der Waals surface area contributed by atoms with Crippen LogP contribution in [0.4, 0.5) is 13.2 Å². The Hall–Kier alpha value is -2.36. The van der Waals surface area contributed by atoms with Gasteiger partial charge in [-0.15, -0.1) is 12.4 Å². The number of ether oxygens (including phenoxy) is 1. The molecule has 2 aromatic rings. The Morgan fingerprint density at radius 1 is 1.32 bits per heavy atom. The average molecular weight is 418 g/mol. The number of halogens is 4. The summed E-state index contributed by atoms with van der Waals surface area (Å²) in [5, 5.41) is 9.56. The molecule has 1 aliphatic heterocycles. The highest BCUT2D eigenvalue weighted by molar-refractivity contribution is 5.94. The number of nitrogens with two attached hydrogens (primary N) is 1. The highest BCUT2D eigenvalue weighted by Gasteiger charge is 2.33. The summed E-state index contributed by atoms with van der Waals surface area (Å²) in [7, 11) is 0. The molecular formula is C18H19ClF3N3O3. The summed E-state index contributed by atoms with van der Waals surface area (Å²) >= 11 is 0. The Morgan fingerprint density at radius 3 is 2.68 bits per heavy atom. The zero-order valence-electron chi connectivity index (χ0n) is 14.6. The Balaban J connectivity index is 0.00000280. The maximum Gasteiger partial charge on any atom is 0.433 e. The molecule has 1 aromatic carbocycles. The molecule has 2 heterocycles. The minimum atomic E-state index is -4.63. The lowest BCUT2D eigenvalue weighted by molar-refractivity contribution is -0.141. The van der Waals surface area contributed by atoms with Gasteiger partial charge in [0.05, 0.1) is 6.10 Å². The van der Waals surface area contributed by atoms with Gasteiger partial charge in [0.1, 0.15) is 11.4 Å². The second-order valence-electron chi connectivity index (χ2n) is 6.22. The summed E-state index contributed by atoms with van der Waals surface area (Å²) in [4.78, 5) is 17.5. The van der Waals surface area contributed by atoms with Crippen molar-refractivity contribution in [3.8, 4) is 11.6 Å². The zero-order chi connectivity index (χ0) is 19.6. The van der Waals surface area contributed by atoms with E-state index in [2.05, 4.69) is 4.98 Å². The van der Waals surface area contributed by atoms with Gasteiger partial charge < -0.3 is 20.5 Å². The van der Waals surface area contributed by atoms with Crippen LogP contribution in [-0.2, 0) is 12.7 Å². The molecule has 0 bridgehead atoms. The molecule has 152 valence electrons. The molecule has 1 amide bonds. The van der Waals surface area contributed by atoms with Gasteiger partial charge in [-0.2, -0.15) is 13.2 Å². The van der Waals surface area contributed by atoms with Crippen molar-refractivity contribution in [1.29, 1.82) is 0 Å². The number of aliphatic hydroxyl groups excluding tert-OH is 1. The fourth-order valence-electron chi connectivity index (χ4n) is 2.80. The van der Waals surface area contributed by atoms with E-state index in [4.69, 9.17) is 10.5 Å². The first kappa shape index (κ1) is 21.9.